The van der Waals surface area contributed by atoms with Gasteiger partial charge in [-0.25, -0.2) is 0 Å². The molecule has 1 heterocycles. The highest BCUT2D eigenvalue weighted by Gasteiger charge is 2.44. The number of allylic oxidation sites excluding steroid dienone is 1. The van der Waals surface area contributed by atoms with Crippen LogP contribution in [0.1, 0.15) is 67.4 Å². The summed E-state index contributed by atoms with van der Waals surface area (Å²) in [5, 5.41) is 11.1. The highest BCUT2D eigenvalue weighted by atomic mass is 35.5. The Morgan fingerprint density at radius 1 is 1.29 bits per heavy atom. The van der Waals surface area contributed by atoms with Crippen LogP contribution < -0.4 is 14.4 Å². The van der Waals surface area contributed by atoms with Crippen molar-refractivity contribution in [2.24, 2.45) is 17.8 Å². The summed E-state index contributed by atoms with van der Waals surface area (Å²) in [6.45, 7) is 13.5. The molecule has 2 N–H and O–H groups in total. The number of aliphatic hydroxyl groups is 1. The van der Waals surface area contributed by atoms with Gasteiger partial charge in [0.1, 0.15) is 11.0 Å². The van der Waals surface area contributed by atoms with Crippen molar-refractivity contribution in [1.82, 2.24) is 4.72 Å². The summed E-state index contributed by atoms with van der Waals surface area (Å²) in [6.07, 6.45) is 8.67. The van der Waals surface area contributed by atoms with Crippen LogP contribution in [0.5, 0.6) is 5.75 Å². The summed E-state index contributed by atoms with van der Waals surface area (Å²) in [6, 6.07) is 11.7. The molecule has 1 spiro atoms. The Bertz CT molecular complexity index is 1320. The number of hydrogen-bond donors (Lipinski definition) is 2. The molecule has 3 aliphatic rings. The van der Waals surface area contributed by atoms with E-state index in [9.17, 15) is 14.5 Å². The Hall–Kier alpha value is -2.45. The minimum absolute atomic E-state index is 0.130. The first-order chi connectivity index (χ1) is 20.2. The van der Waals surface area contributed by atoms with Crippen molar-refractivity contribution in [3.05, 3.63) is 83.4 Å². The summed E-state index contributed by atoms with van der Waals surface area (Å²) in [5.74, 6) is 0.959. The van der Waals surface area contributed by atoms with Crippen LogP contribution in [-0.2, 0) is 23.2 Å². The number of nitrogens with zero attached hydrogens (tertiary/aromatic N) is 1. The molecule has 0 saturated heterocycles. The van der Waals surface area contributed by atoms with Gasteiger partial charge in [-0.15, -0.1) is 13.2 Å². The fourth-order valence-electron chi connectivity index (χ4n) is 6.89. The molecule has 7 unspecified atom stereocenters. The largest absolute Gasteiger partial charge is 0.593 e. The van der Waals surface area contributed by atoms with E-state index in [1.54, 1.807) is 12.1 Å². The van der Waals surface area contributed by atoms with E-state index in [0.717, 1.165) is 68.1 Å². The third kappa shape index (κ3) is 6.26. The monoisotopic (exact) mass is 610 g/mol. The van der Waals surface area contributed by atoms with Gasteiger partial charge >= 0.3 is 0 Å². The third-order valence-electron chi connectivity index (χ3n) is 9.78. The number of aliphatic hydroxyl groups excluding tert-OH is 1. The van der Waals surface area contributed by atoms with Gasteiger partial charge < -0.3 is 19.3 Å². The number of ether oxygens (including phenoxy) is 1. The topological polar surface area (TPSA) is 84.9 Å². The summed E-state index contributed by atoms with van der Waals surface area (Å²) in [5.41, 5.74) is 3.63. The molecule has 0 radical (unpaired) electrons. The zero-order valence-corrected chi connectivity index (χ0v) is 26.3. The van der Waals surface area contributed by atoms with E-state index in [2.05, 4.69) is 34.9 Å². The molecule has 7 atom stereocenters. The molecular formula is C34H43ClN2O4S. The van der Waals surface area contributed by atoms with Crippen LogP contribution >= 0.6 is 11.6 Å². The number of carbonyl (C=O) groups is 1. The Morgan fingerprint density at radius 3 is 2.81 bits per heavy atom. The predicted octanol–water partition coefficient (Wildman–Crippen LogP) is 6.38. The summed E-state index contributed by atoms with van der Waals surface area (Å²) in [7, 11) is 0. The third-order valence-corrected chi connectivity index (χ3v) is 11.5. The summed E-state index contributed by atoms with van der Waals surface area (Å²) < 4.78 is 22.3. The molecule has 0 bridgehead atoms. The Kier molecular flexibility index (Phi) is 9.63. The van der Waals surface area contributed by atoms with Gasteiger partial charge in [0.25, 0.3) is 5.91 Å². The molecule has 42 heavy (non-hydrogen) atoms. The molecule has 1 aliphatic heterocycles. The van der Waals surface area contributed by atoms with E-state index in [1.165, 1.54) is 11.1 Å². The second-order valence-electron chi connectivity index (χ2n) is 12.5. The molecule has 8 heteroatoms. The first kappa shape index (κ1) is 31.0. The van der Waals surface area contributed by atoms with Crippen LogP contribution in [0.15, 0.2) is 61.7 Å². The van der Waals surface area contributed by atoms with Crippen molar-refractivity contribution >= 4 is 34.6 Å². The number of rotatable bonds is 10. The molecule has 2 aromatic carbocycles. The number of aryl methyl sites for hydroxylation is 1. The van der Waals surface area contributed by atoms with E-state index in [-0.39, 0.29) is 28.4 Å². The van der Waals surface area contributed by atoms with Gasteiger partial charge in [0.2, 0.25) is 0 Å². The average molecular weight is 611 g/mol. The van der Waals surface area contributed by atoms with Crippen molar-refractivity contribution in [3.8, 4) is 5.75 Å². The first-order valence-corrected chi connectivity index (χ1v) is 16.7. The van der Waals surface area contributed by atoms with Crippen LogP contribution in [0.25, 0.3) is 0 Å². The maximum absolute atomic E-state index is 13.3. The zero-order chi connectivity index (χ0) is 30.0. The van der Waals surface area contributed by atoms with E-state index in [4.69, 9.17) is 16.3 Å². The van der Waals surface area contributed by atoms with Crippen molar-refractivity contribution in [2.45, 2.75) is 69.1 Å². The Labute approximate surface area is 258 Å². The number of hydrogen-bond acceptors (Lipinski definition) is 5. The highest BCUT2D eigenvalue weighted by molar-refractivity contribution is 7.90. The fraction of sp³-hybridized carbons (Fsp3) is 0.500. The number of nitrogens with one attached hydrogen (secondary N) is 1. The van der Waals surface area contributed by atoms with Crippen molar-refractivity contribution in [1.29, 1.82) is 0 Å². The number of benzene rings is 2. The van der Waals surface area contributed by atoms with Crippen LogP contribution in [0.2, 0.25) is 5.02 Å². The lowest BCUT2D eigenvalue weighted by atomic mass is 9.68. The molecule has 2 aromatic rings. The molecule has 1 amide bonds. The van der Waals surface area contributed by atoms with Gasteiger partial charge in [0, 0.05) is 35.0 Å². The minimum atomic E-state index is -1.53. The quantitative estimate of drug-likeness (QED) is 0.241. The maximum atomic E-state index is 13.3. The van der Waals surface area contributed by atoms with Crippen LogP contribution in [0.3, 0.4) is 0 Å². The fourth-order valence-corrected chi connectivity index (χ4v) is 8.11. The minimum Gasteiger partial charge on any atom is -0.593 e. The molecule has 5 rings (SSSR count). The van der Waals surface area contributed by atoms with Crippen LogP contribution in [0.4, 0.5) is 5.69 Å². The van der Waals surface area contributed by atoms with Crippen LogP contribution in [-0.4, -0.2) is 46.6 Å². The van der Waals surface area contributed by atoms with E-state index in [1.807, 2.05) is 38.1 Å². The van der Waals surface area contributed by atoms with E-state index >= 15 is 0 Å². The first-order valence-electron chi connectivity index (χ1n) is 15.1. The van der Waals surface area contributed by atoms with Crippen molar-refractivity contribution in [2.75, 3.05) is 24.6 Å². The standard InChI is InChI=1S/C34H43ClN2O4S/c1-5-8-22(3)23(4)42(40)36-33(39)25-11-15-32-30(18-25)37(19-26-10-13-28(26)31(38)6-2)20-34(21-41-32)16-7-9-24-17-27(35)12-14-29(24)34/h5-6,11-12,14-15,17-18,22-23,26,28,31,38H,1-2,7-10,13,16,19-21H2,3-4H3,(H,36,39). The molecule has 226 valence electrons. The number of carbonyl (C=O) groups excluding carboxylic acids is 1. The molecular weight excluding hydrogens is 568 g/mol. The Balaban J connectivity index is 1.46. The summed E-state index contributed by atoms with van der Waals surface area (Å²) in [4.78, 5) is 15.7. The van der Waals surface area contributed by atoms with Gasteiger partial charge in [0.15, 0.2) is 0 Å². The van der Waals surface area contributed by atoms with Gasteiger partial charge in [-0.3, -0.25) is 4.79 Å². The van der Waals surface area contributed by atoms with Gasteiger partial charge in [-0.1, -0.05) is 36.7 Å². The molecule has 2 aliphatic carbocycles. The van der Waals surface area contributed by atoms with E-state index < -0.39 is 17.5 Å². The number of halogens is 1. The van der Waals surface area contributed by atoms with Crippen molar-refractivity contribution < 1.29 is 19.2 Å². The lowest BCUT2D eigenvalue weighted by molar-refractivity contribution is 0.0460. The molecule has 0 aromatic heterocycles. The normalized spacial score (nSPS) is 25.9. The Morgan fingerprint density at radius 2 is 2.10 bits per heavy atom. The van der Waals surface area contributed by atoms with Gasteiger partial charge in [-0.2, -0.15) is 4.72 Å². The molecule has 6 nitrogen and oxygen atoms in total. The lowest BCUT2D eigenvalue weighted by Gasteiger charge is -2.45. The molecule has 1 fully saturated rings. The number of anilines is 1. The smallest absolute Gasteiger partial charge is 0.292 e. The predicted molar refractivity (Wildman–Crippen MR) is 172 cm³/mol. The number of fused-ring (bicyclic) bond motifs is 3. The van der Waals surface area contributed by atoms with Gasteiger partial charge in [-0.05, 0) is 98.7 Å². The van der Waals surface area contributed by atoms with E-state index in [0.29, 0.717) is 18.1 Å². The molecule has 1 saturated carbocycles. The average Bonchev–Trinajstić information content (AvgIpc) is 3.11. The maximum Gasteiger partial charge on any atom is 0.292 e. The zero-order valence-electron chi connectivity index (χ0n) is 24.7. The van der Waals surface area contributed by atoms with Gasteiger partial charge in [0.05, 0.1) is 29.8 Å². The second-order valence-corrected chi connectivity index (χ2v) is 14.4. The van der Waals surface area contributed by atoms with Crippen molar-refractivity contribution in [3.63, 3.8) is 0 Å². The highest BCUT2D eigenvalue weighted by Crippen LogP contribution is 2.46. The summed E-state index contributed by atoms with van der Waals surface area (Å²) >= 11 is 4.86. The SMILES string of the molecule is C=CCC(C)C(C)[S+]([O-])NC(=O)c1ccc2c(c1)N(CC1CCC1C(O)C=C)CC1(CCCc3cc(Cl)ccc31)CO2. The number of amides is 1. The van der Waals surface area contributed by atoms with Crippen LogP contribution in [0, 0.1) is 17.8 Å². The second kappa shape index (κ2) is 13.0. The lowest BCUT2D eigenvalue weighted by Crippen LogP contribution is -2.49.